The van der Waals surface area contributed by atoms with Crippen molar-refractivity contribution in [1.29, 1.82) is 0 Å². The van der Waals surface area contributed by atoms with Crippen molar-refractivity contribution < 1.29 is 4.92 Å². The van der Waals surface area contributed by atoms with Gasteiger partial charge >= 0.3 is 0 Å². The number of nitro benzene ring substituents is 1. The van der Waals surface area contributed by atoms with E-state index in [1.54, 1.807) is 17.4 Å². The molecule has 0 radical (unpaired) electrons. The summed E-state index contributed by atoms with van der Waals surface area (Å²) in [4.78, 5) is 15.0. The van der Waals surface area contributed by atoms with Crippen LogP contribution in [0.4, 0.5) is 5.69 Å². The van der Waals surface area contributed by atoms with Gasteiger partial charge in [-0.05, 0) is 34.5 Å². The number of non-ortho nitro benzene ring substituents is 1. The van der Waals surface area contributed by atoms with Crippen LogP contribution in [0.2, 0.25) is 0 Å². The Morgan fingerprint density at radius 2 is 2.05 bits per heavy atom. The predicted molar refractivity (Wildman–Crippen MR) is 81.6 cm³/mol. The molecule has 0 amide bonds. The predicted octanol–water partition coefficient (Wildman–Crippen LogP) is 4.37. The van der Waals surface area contributed by atoms with Gasteiger partial charge in [0.2, 0.25) is 0 Å². The lowest BCUT2D eigenvalue weighted by atomic mass is 10.1. The SMILES string of the molecule is O=[N+]([O-])c1cccc2ccc(C=Cc3ccsc3)nc12. The van der Waals surface area contributed by atoms with E-state index in [0.717, 1.165) is 10.9 Å². The molecule has 0 spiro atoms. The van der Waals surface area contributed by atoms with Gasteiger partial charge in [0.25, 0.3) is 5.69 Å². The van der Waals surface area contributed by atoms with Gasteiger partial charge in [-0.15, -0.1) is 0 Å². The van der Waals surface area contributed by atoms with Gasteiger partial charge in [-0.2, -0.15) is 11.3 Å². The van der Waals surface area contributed by atoms with Crippen LogP contribution in [-0.4, -0.2) is 9.91 Å². The minimum atomic E-state index is -0.401. The molecule has 0 aliphatic rings. The van der Waals surface area contributed by atoms with E-state index >= 15 is 0 Å². The highest BCUT2D eigenvalue weighted by atomic mass is 32.1. The Labute approximate surface area is 119 Å². The number of para-hydroxylation sites is 1. The highest BCUT2D eigenvalue weighted by Gasteiger charge is 2.12. The summed E-state index contributed by atoms with van der Waals surface area (Å²) < 4.78 is 0. The molecule has 0 saturated carbocycles. The molecule has 4 nitrogen and oxygen atoms in total. The lowest BCUT2D eigenvalue weighted by molar-refractivity contribution is -0.383. The van der Waals surface area contributed by atoms with Gasteiger partial charge in [-0.25, -0.2) is 4.98 Å². The summed E-state index contributed by atoms with van der Waals surface area (Å²) in [6.45, 7) is 0. The van der Waals surface area contributed by atoms with Crippen molar-refractivity contribution in [2.75, 3.05) is 0 Å². The Bertz CT molecular complexity index is 795. The molecule has 0 bridgehead atoms. The minimum Gasteiger partial charge on any atom is -0.258 e. The van der Waals surface area contributed by atoms with Gasteiger partial charge in [0.05, 0.1) is 10.6 Å². The molecule has 0 aliphatic heterocycles. The van der Waals surface area contributed by atoms with Gasteiger partial charge in [0.1, 0.15) is 5.52 Å². The Morgan fingerprint density at radius 1 is 1.15 bits per heavy atom. The first-order chi connectivity index (χ1) is 9.74. The average molecular weight is 282 g/mol. The number of pyridine rings is 1. The van der Waals surface area contributed by atoms with Crippen molar-refractivity contribution in [3.8, 4) is 0 Å². The van der Waals surface area contributed by atoms with Crippen molar-refractivity contribution in [2.45, 2.75) is 0 Å². The molecule has 3 aromatic rings. The second-order valence-corrected chi connectivity index (χ2v) is 5.01. The fourth-order valence-electron chi connectivity index (χ4n) is 1.94. The van der Waals surface area contributed by atoms with Gasteiger partial charge in [0.15, 0.2) is 0 Å². The highest BCUT2D eigenvalue weighted by Crippen LogP contribution is 2.24. The van der Waals surface area contributed by atoms with E-state index in [1.165, 1.54) is 6.07 Å². The highest BCUT2D eigenvalue weighted by molar-refractivity contribution is 7.08. The molecule has 0 aliphatic carbocycles. The summed E-state index contributed by atoms with van der Waals surface area (Å²) in [5.74, 6) is 0. The molecule has 0 fully saturated rings. The number of hydrogen-bond donors (Lipinski definition) is 0. The summed E-state index contributed by atoms with van der Waals surface area (Å²) in [7, 11) is 0. The van der Waals surface area contributed by atoms with E-state index in [4.69, 9.17) is 0 Å². The fraction of sp³-hybridized carbons (Fsp3) is 0. The van der Waals surface area contributed by atoms with Crippen LogP contribution < -0.4 is 0 Å². The number of rotatable bonds is 3. The van der Waals surface area contributed by atoms with Crippen LogP contribution in [0.5, 0.6) is 0 Å². The van der Waals surface area contributed by atoms with E-state index in [0.29, 0.717) is 11.2 Å². The Morgan fingerprint density at radius 3 is 2.80 bits per heavy atom. The second kappa shape index (κ2) is 5.22. The van der Waals surface area contributed by atoms with Crippen molar-refractivity contribution in [2.24, 2.45) is 0 Å². The third-order valence-corrected chi connectivity index (χ3v) is 3.61. The van der Waals surface area contributed by atoms with Crippen LogP contribution in [0.25, 0.3) is 23.1 Å². The largest absolute Gasteiger partial charge is 0.295 e. The number of fused-ring (bicyclic) bond motifs is 1. The third kappa shape index (κ3) is 2.44. The maximum absolute atomic E-state index is 11.0. The summed E-state index contributed by atoms with van der Waals surface area (Å²) in [5, 5.41) is 15.8. The van der Waals surface area contributed by atoms with E-state index in [2.05, 4.69) is 4.98 Å². The normalized spacial score (nSPS) is 11.2. The van der Waals surface area contributed by atoms with Crippen LogP contribution >= 0.6 is 11.3 Å². The fourth-order valence-corrected chi connectivity index (χ4v) is 2.57. The number of benzene rings is 1. The molecule has 1 aromatic carbocycles. The van der Waals surface area contributed by atoms with E-state index in [-0.39, 0.29) is 5.69 Å². The Hall–Kier alpha value is -2.53. The van der Waals surface area contributed by atoms with Gasteiger partial charge in [0, 0.05) is 11.5 Å². The van der Waals surface area contributed by atoms with Crippen LogP contribution in [0.15, 0.2) is 47.2 Å². The van der Waals surface area contributed by atoms with Gasteiger partial charge < -0.3 is 0 Å². The lowest BCUT2D eigenvalue weighted by Gasteiger charge is -2.00. The van der Waals surface area contributed by atoms with Crippen molar-refractivity contribution in [3.05, 3.63) is 68.5 Å². The molecule has 20 heavy (non-hydrogen) atoms. The van der Waals surface area contributed by atoms with E-state index in [9.17, 15) is 10.1 Å². The summed E-state index contributed by atoms with van der Waals surface area (Å²) in [6.07, 6.45) is 3.80. The molecule has 2 aromatic heterocycles. The maximum Gasteiger partial charge on any atom is 0.295 e. The minimum absolute atomic E-state index is 0.0354. The molecule has 3 rings (SSSR count). The first-order valence-electron chi connectivity index (χ1n) is 5.98. The molecule has 0 atom stereocenters. The third-order valence-electron chi connectivity index (χ3n) is 2.91. The molecule has 0 unspecified atom stereocenters. The van der Waals surface area contributed by atoms with Crippen molar-refractivity contribution >= 4 is 40.1 Å². The summed E-state index contributed by atoms with van der Waals surface area (Å²) in [5.41, 5.74) is 2.26. The first-order valence-corrected chi connectivity index (χ1v) is 6.93. The monoisotopic (exact) mass is 282 g/mol. The number of hydrogen-bond acceptors (Lipinski definition) is 4. The lowest BCUT2D eigenvalue weighted by Crippen LogP contribution is -1.92. The average Bonchev–Trinajstić information content (AvgIpc) is 2.97. The first kappa shape index (κ1) is 12.5. The zero-order valence-electron chi connectivity index (χ0n) is 10.4. The number of aromatic nitrogens is 1. The molecule has 0 saturated heterocycles. The molecular weight excluding hydrogens is 272 g/mol. The molecule has 0 N–H and O–H groups in total. The summed E-state index contributed by atoms with van der Waals surface area (Å²) in [6, 6.07) is 10.7. The van der Waals surface area contributed by atoms with E-state index in [1.807, 2.05) is 47.2 Å². The Balaban J connectivity index is 2.05. The van der Waals surface area contributed by atoms with Crippen LogP contribution in [0.3, 0.4) is 0 Å². The van der Waals surface area contributed by atoms with Gasteiger partial charge in [-0.1, -0.05) is 24.3 Å². The molecule has 2 heterocycles. The number of thiophene rings is 1. The molecule has 5 heteroatoms. The molecule has 98 valence electrons. The standard InChI is InChI=1S/C15H10N2O2S/c18-17(19)14-3-1-2-12-5-7-13(16-15(12)14)6-4-11-8-9-20-10-11/h1-10H. The van der Waals surface area contributed by atoms with Crippen molar-refractivity contribution in [1.82, 2.24) is 4.98 Å². The Kier molecular flexibility index (Phi) is 3.26. The topological polar surface area (TPSA) is 56.0 Å². The summed E-state index contributed by atoms with van der Waals surface area (Å²) >= 11 is 1.62. The van der Waals surface area contributed by atoms with E-state index < -0.39 is 4.92 Å². The molecular formula is C15H10N2O2S. The van der Waals surface area contributed by atoms with Crippen LogP contribution in [-0.2, 0) is 0 Å². The second-order valence-electron chi connectivity index (χ2n) is 4.23. The van der Waals surface area contributed by atoms with Crippen molar-refractivity contribution in [3.63, 3.8) is 0 Å². The van der Waals surface area contributed by atoms with Crippen LogP contribution in [0, 0.1) is 10.1 Å². The zero-order chi connectivity index (χ0) is 13.9. The zero-order valence-corrected chi connectivity index (χ0v) is 11.2. The smallest absolute Gasteiger partial charge is 0.258 e. The maximum atomic E-state index is 11.0. The van der Waals surface area contributed by atoms with Crippen LogP contribution in [0.1, 0.15) is 11.3 Å². The number of nitrogens with zero attached hydrogens (tertiary/aromatic N) is 2. The number of nitro groups is 1. The quantitative estimate of drug-likeness (QED) is 0.529. The van der Waals surface area contributed by atoms with Gasteiger partial charge in [-0.3, -0.25) is 10.1 Å².